The first kappa shape index (κ1) is 25.4. The number of amides is 1. The summed E-state index contributed by atoms with van der Waals surface area (Å²) < 4.78 is 16.9. The Morgan fingerprint density at radius 3 is 2.54 bits per heavy atom. The molecule has 0 bridgehead atoms. The van der Waals surface area contributed by atoms with Crippen molar-refractivity contribution in [1.29, 1.82) is 0 Å². The molecule has 35 heavy (non-hydrogen) atoms. The molecule has 3 rings (SSSR count). The molecule has 0 spiro atoms. The fraction of sp³-hybridized carbons (Fsp3) is 0.125. The molecular formula is C24H20BrN3O7. The highest BCUT2D eigenvalue weighted by Gasteiger charge is 2.20. The smallest absolute Gasteiger partial charge is 0.343 e. The van der Waals surface area contributed by atoms with Crippen LogP contribution in [0.2, 0.25) is 0 Å². The first-order valence-corrected chi connectivity index (χ1v) is 11.0. The van der Waals surface area contributed by atoms with Crippen LogP contribution in [0.4, 0.5) is 5.69 Å². The Hall–Kier alpha value is -4.25. The third kappa shape index (κ3) is 6.87. The van der Waals surface area contributed by atoms with Crippen LogP contribution in [0, 0.1) is 10.1 Å². The number of nitro benzene ring substituents is 1. The highest BCUT2D eigenvalue weighted by molar-refractivity contribution is 9.10. The maximum Gasteiger partial charge on any atom is 0.343 e. The molecule has 1 N–H and O–H groups in total. The molecule has 10 nitrogen and oxygen atoms in total. The van der Waals surface area contributed by atoms with E-state index < -0.39 is 22.9 Å². The average molecular weight is 542 g/mol. The molecule has 0 aliphatic rings. The number of hydrogen-bond donors (Lipinski definition) is 1. The van der Waals surface area contributed by atoms with E-state index in [2.05, 4.69) is 26.5 Å². The van der Waals surface area contributed by atoms with Gasteiger partial charge in [0.05, 0.1) is 23.8 Å². The van der Waals surface area contributed by atoms with Crippen LogP contribution >= 0.6 is 15.9 Å². The Morgan fingerprint density at radius 1 is 1.06 bits per heavy atom. The number of para-hydroxylation sites is 2. The van der Waals surface area contributed by atoms with Crippen molar-refractivity contribution in [2.24, 2.45) is 5.10 Å². The van der Waals surface area contributed by atoms with E-state index in [1.54, 1.807) is 42.5 Å². The van der Waals surface area contributed by atoms with Crippen LogP contribution in [-0.2, 0) is 4.79 Å². The third-order valence-corrected chi connectivity index (χ3v) is 5.07. The quantitative estimate of drug-likeness (QED) is 0.139. The molecule has 3 aromatic rings. The third-order valence-electron chi connectivity index (χ3n) is 4.57. The lowest BCUT2D eigenvalue weighted by molar-refractivity contribution is -0.386. The van der Waals surface area contributed by atoms with Gasteiger partial charge >= 0.3 is 11.7 Å². The van der Waals surface area contributed by atoms with E-state index in [1.807, 2.05) is 0 Å². The minimum atomic E-state index is -1.04. The highest BCUT2D eigenvalue weighted by Crippen LogP contribution is 2.29. The van der Waals surface area contributed by atoms with Gasteiger partial charge < -0.3 is 14.2 Å². The molecule has 1 amide bonds. The molecule has 180 valence electrons. The van der Waals surface area contributed by atoms with Crippen molar-refractivity contribution in [3.05, 3.63) is 92.4 Å². The average Bonchev–Trinajstić information content (AvgIpc) is 2.84. The van der Waals surface area contributed by atoms with Gasteiger partial charge in [-0.25, -0.2) is 10.2 Å². The first-order chi connectivity index (χ1) is 16.8. The number of carbonyl (C=O) groups is 2. The predicted octanol–water partition coefficient (Wildman–Crippen LogP) is 4.50. The number of ether oxygens (including phenoxy) is 3. The van der Waals surface area contributed by atoms with Crippen molar-refractivity contribution < 1.29 is 28.7 Å². The monoisotopic (exact) mass is 541 g/mol. The summed E-state index contributed by atoms with van der Waals surface area (Å²) in [6.07, 6.45) is 0.320. The van der Waals surface area contributed by atoms with E-state index in [-0.39, 0.29) is 22.9 Å². The number of esters is 1. The Morgan fingerprint density at radius 2 is 1.83 bits per heavy atom. The van der Waals surface area contributed by atoms with E-state index in [4.69, 9.17) is 14.2 Å². The molecule has 1 atom stereocenters. The summed E-state index contributed by atoms with van der Waals surface area (Å²) in [4.78, 5) is 35.2. The van der Waals surface area contributed by atoms with Gasteiger partial charge in [-0.3, -0.25) is 14.9 Å². The maximum atomic E-state index is 12.4. The summed E-state index contributed by atoms with van der Waals surface area (Å²) >= 11 is 3.31. The fourth-order valence-corrected chi connectivity index (χ4v) is 3.24. The summed E-state index contributed by atoms with van der Waals surface area (Å²) in [5.74, 6) is -0.680. The SMILES string of the molecule is COc1cc(/C=N/NC(=O)C(C)Oc2ccccc2[N+](=O)[O-])ccc1OC(=O)c1cccc(Br)c1. The van der Waals surface area contributed by atoms with Crippen LogP contribution in [0.5, 0.6) is 17.2 Å². The lowest BCUT2D eigenvalue weighted by Crippen LogP contribution is -2.33. The zero-order valence-electron chi connectivity index (χ0n) is 18.6. The molecule has 1 unspecified atom stereocenters. The molecule has 0 saturated carbocycles. The summed E-state index contributed by atoms with van der Waals surface area (Å²) in [5, 5.41) is 15.0. The van der Waals surface area contributed by atoms with Gasteiger partial charge in [0.15, 0.2) is 23.4 Å². The van der Waals surface area contributed by atoms with Crippen LogP contribution in [0.15, 0.2) is 76.3 Å². The minimum absolute atomic E-state index is 0.0261. The highest BCUT2D eigenvalue weighted by atomic mass is 79.9. The van der Waals surface area contributed by atoms with Gasteiger partial charge in [0, 0.05) is 10.5 Å². The van der Waals surface area contributed by atoms with Crippen LogP contribution < -0.4 is 19.6 Å². The van der Waals surface area contributed by atoms with Crippen molar-refractivity contribution >= 4 is 39.7 Å². The number of methoxy groups -OCH3 is 1. The lowest BCUT2D eigenvalue weighted by atomic mass is 10.2. The summed E-state index contributed by atoms with van der Waals surface area (Å²) in [7, 11) is 1.43. The number of hydrogen-bond acceptors (Lipinski definition) is 8. The molecule has 0 aliphatic carbocycles. The zero-order chi connectivity index (χ0) is 25.4. The lowest BCUT2D eigenvalue weighted by Gasteiger charge is -2.13. The van der Waals surface area contributed by atoms with Crippen molar-refractivity contribution in [2.75, 3.05) is 7.11 Å². The molecule has 11 heteroatoms. The van der Waals surface area contributed by atoms with Crippen LogP contribution in [0.1, 0.15) is 22.8 Å². The molecule has 0 radical (unpaired) electrons. The second-order valence-corrected chi connectivity index (χ2v) is 7.95. The number of nitro groups is 1. The fourth-order valence-electron chi connectivity index (χ4n) is 2.84. The van der Waals surface area contributed by atoms with Gasteiger partial charge in [0.25, 0.3) is 5.91 Å². The number of carbonyl (C=O) groups excluding carboxylic acids is 2. The van der Waals surface area contributed by atoms with Gasteiger partial charge in [-0.1, -0.05) is 34.1 Å². The normalized spacial score (nSPS) is 11.5. The Labute approximate surface area is 208 Å². The number of halogens is 1. The second kappa shape index (κ2) is 11.7. The van der Waals surface area contributed by atoms with Gasteiger partial charge in [0.1, 0.15) is 0 Å². The first-order valence-electron chi connectivity index (χ1n) is 10.2. The Kier molecular flexibility index (Phi) is 8.52. The molecule has 0 fully saturated rings. The summed E-state index contributed by atoms with van der Waals surface area (Å²) in [6.45, 7) is 1.44. The van der Waals surface area contributed by atoms with E-state index >= 15 is 0 Å². The second-order valence-electron chi connectivity index (χ2n) is 7.03. The summed E-state index contributed by atoms with van der Waals surface area (Å²) in [6, 6.07) is 17.3. The van der Waals surface area contributed by atoms with Gasteiger partial charge in [0.2, 0.25) is 0 Å². The predicted molar refractivity (Wildman–Crippen MR) is 131 cm³/mol. The molecule has 0 heterocycles. The largest absolute Gasteiger partial charge is 0.493 e. The minimum Gasteiger partial charge on any atom is -0.493 e. The van der Waals surface area contributed by atoms with Gasteiger partial charge in [-0.05, 0) is 55.0 Å². The van der Waals surface area contributed by atoms with E-state index in [9.17, 15) is 19.7 Å². The van der Waals surface area contributed by atoms with Crippen molar-refractivity contribution in [1.82, 2.24) is 5.43 Å². The number of benzene rings is 3. The van der Waals surface area contributed by atoms with E-state index in [0.717, 1.165) is 4.47 Å². The molecule has 0 saturated heterocycles. The number of nitrogens with one attached hydrogen (secondary N) is 1. The number of rotatable bonds is 9. The number of nitrogens with zero attached hydrogens (tertiary/aromatic N) is 2. The van der Waals surface area contributed by atoms with Crippen molar-refractivity contribution in [2.45, 2.75) is 13.0 Å². The van der Waals surface area contributed by atoms with Crippen molar-refractivity contribution in [3.8, 4) is 17.2 Å². The standard InChI is InChI=1S/C24H20BrN3O7/c1-15(34-20-9-4-3-8-19(20)28(31)32)23(29)27-26-14-16-10-11-21(22(12-16)33-2)35-24(30)17-6-5-7-18(25)13-17/h3-15H,1-2H3,(H,27,29)/b26-14+. The van der Waals surface area contributed by atoms with Gasteiger partial charge in [-0.2, -0.15) is 5.10 Å². The number of hydrazone groups is 1. The van der Waals surface area contributed by atoms with Crippen LogP contribution in [0.25, 0.3) is 0 Å². The van der Waals surface area contributed by atoms with Crippen LogP contribution in [-0.4, -0.2) is 36.2 Å². The molecule has 0 aliphatic heterocycles. The van der Waals surface area contributed by atoms with Crippen molar-refractivity contribution in [3.63, 3.8) is 0 Å². The maximum absolute atomic E-state index is 12.4. The van der Waals surface area contributed by atoms with Gasteiger partial charge in [-0.15, -0.1) is 0 Å². The zero-order valence-corrected chi connectivity index (χ0v) is 20.2. The Balaban J connectivity index is 1.62. The van der Waals surface area contributed by atoms with E-state index in [1.165, 1.54) is 44.5 Å². The van der Waals surface area contributed by atoms with E-state index in [0.29, 0.717) is 11.1 Å². The molecular weight excluding hydrogens is 522 g/mol. The molecule has 0 aromatic heterocycles. The Bertz CT molecular complexity index is 1280. The molecule has 3 aromatic carbocycles. The topological polar surface area (TPSA) is 129 Å². The summed E-state index contributed by atoms with van der Waals surface area (Å²) in [5.41, 5.74) is 2.99. The van der Waals surface area contributed by atoms with Crippen LogP contribution in [0.3, 0.4) is 0 Å².